The fraction of sp³-hybridized carbons (Fsp3) is 0.0714. The quantitative estimate of drug-likeness (QED) is 0.640. The van der Waals surface area contributed by atoms with E-state index in [0.29, 0.717) is 5.02 Å². The Kier molecular flexibility index (Phi) is 5.68. The fourth-order valence-electron chi connectivity index (χ4n) is 1.58. The van der Waals surface area contributed by atoms with Gasteiger partial charge in [-0.05, 0) is 59.0 Å². The molecule has 2 aromatic rings. The van der Waals surface area contributed by atoms with Crippen molar-refractivity contribution < 1.29 is 4.79 Å². The SMILES string of the molecule is O=C(CNc1ccc(Cl)cc1I)Nc1cccc(Br)c1. The van der Waals surface area contributed by atoms with E-state index in [2.05, 4.69) is 49.2 Å². The molecule has 0 spiro atoms. The molecule has 0 bridgehead atoms. The van der Waals surface area contributed by atoms with Gasteiger partial charge < -0.3 is 10.6 Å². The van der Waals surface area contributed by atoms with Crippen LogP contribution in [-0.4, -0.2) is 12.5 Å². The highest BCUT2D eigenvalue weighted by Crippen LogP contribution is 2.22. The van der Waals surface area contributed by atoms with Gasteiger partial charge in [0.25, 0.3) is 0 Å². The number of carbonyl (C=O) groups is 1. The molecule has 1 amide bonds. The number of anilines is 2. The van der Waals surface area contributed by atoms with E-state index in [9.17, 15) is 4.79 Å². The van der Waals surface area contributed by atoms with Crippen molar-refractivity contribution >= 4 is 67.4 Å². The molecule has 2 rings (SSSR count). The van der Waals surface area contributed by atoms with Gasteiger partial charge in [-0.2, -0.15) is 0 Å². The van der Waals surface area contributed by atoms with Crippen molar-refractivity contribution in [2.45, 2.75) is 0 Å². The largest absolute Gasteiger partial charge is 0.375 e. The van der Waals surface area contributed by atoms with Crippen molar-refractivity contribution in [3.63, 3.8) is 0 Å². The summed E-state index contributed by atoms with van der Waals surface area (Å²) in [7, 11) is 0. The normalized spacial score (nSPS) is 10.2. The first-order chi connectivity index (χ1) is 9.54. The molecule has 6 heteroatoms. The maximum atomic E-state index is 11.9. The van der Waals surface area contributed by atoms with Crippen LogP contribution in [0.4, 0.5) is 11.4 Å². The Labute approximate surface area is 144 Å². The second-order valence-corrected chi connectivity index (χ2v) is 6.55. The molecule has 0 aliphatic carbocycles. The van der Waals surface area contributed by atoms with E-state index < -0.39 is 0 Å². The van der Waals surface area contributed by atoms with Gasteiger partial charge >= 0.3 is 0 Å². The van der Waals surface area contributed by atoms with Gasteiger partial charge in [0.2, 0.25) is 5.91 Å². The summed E-state index contributed by atoms with van der Waals surface area (Å²) in [5.41, 5.74) is 1.65. The Morgan fingerprint density at radius 1 is 1.25 bits per heavy atom. The Morgan fingerprint density at radius 2 is 2.05 bits per heavy atom. The molecule has 0 atom stereocenters. The number of carbonyl (C=O) groups excluding carboxylic acids is 1. The molecule has 0 heterocycles. The van der Waals surface area contributed by atoms with Crippen LogP contribution in [0.2, 0.25) is 5.02 Å². The molecule has 0 saturated heterocycles. The van der Waals surface area contributed by atoms with E-state index in [-0.39, 0.29) is 12.5 Å². The maximum absolute atomic E-state index is 11.9. The van der Waals surface area contributed by atoms with Gasteiger partial charge in [-0.15, -0.1) is 0 Å². The van der Waals surface area contributed by atoms with Crippen molar-refractivity contribution in [2.24, 2.45) is 0 Å². The van der Waals surface area contributed by atoms with Crippen molar-refractivity contribution in [3.8, 4) is 0 Å². The van der Waals surface area contributed by atoms with E-state index in [1.54, 1.807) is 6.07 Å². The lowest BCUT2D eigenvalue weighted by Crippen LogP contribution is -2.22. The lowest BCUT2D eigenvalue weighted by molar-refractivity contribution is -0.114. The van der Waals surface area contributed by atoms with Crippen molar-refractivity contribution in [3.05, 3.63) is 55.5 Å². The molecule has 3 nitrogen and oxygen atoms in total. The third-order valence-electron chi connectivity index (χ3n) is 2.48. The minimum Gasteiger partial charge on any atom is -0.375 e. The fourth-order valence-corrected chi connectivity index (χ4v) is 3.04. The van der Waals surface area contributed by atoms with Crippen LogP contribution in [0.1, 0.15) is 0 Å². The molecule has 104 valence electrons. The van der Waals surface area contributed by atoms with E-state index >= 15 is 0 Å². The van der Waals surface area contributed by atoms with Crippen LogP contribution in [0.15, 0.2) is 46.9 Å². The molecule has 2 aromatic carbocycles. The number of benzene rings is 2. The highest BCUT2D eigenvalue weighted by molar-refractivity contribution is 14.1. The number of hydrogen-bond donors (Lipinski definition) is 2. The van der Waals surface area contributed by atoms with Crippen molar-refractivity contribution in [2.75, 3.05) is 17.2 Å². The van der Waals surface area contributed by atoms with E-state index in [1.165, 1.54) is 0 Å². The van der Waals surface area contributed by atoms with Crippen LogP contribution < -0.4 is 10.6 Å². The van der Waals surface area contributed by atoms with Crippen LogP contribution >= 0.6 is 50.1 Å². The molecule has 0 saturated carbocycles. The summed E-state index contributed by atoms with van der Waals surface area (Å²) >= 11 is 11.4. The predicted molar refractivity (Wildman–Crippen MR) is 95.4 cm³/mol. The van der Waals surface area contributed by atoms with Crippen molar-refractivity contribution in [1.29, 1.82) is 0 Å². The van der Waals surface area contributed by atoms with Crippen molar-refractivity contribution in [1.82, 2.24) is 0 Å². The molecular weight excluding hydrogens is 454 g/mol. The first-order valence-corrected chi connectivity index (χ1v) is 8.04. The van der Waals surface area contributed by atoms with E-state index in [1.807, 2.05) is 36.4 Å². The number of halogens is 3. The molecule has 0 unspecified atom stereocenters. The Hall–Kier alpha value is -0.790. The third-order valence-corrected chi connectivity index (χ3v) is 4.10. The topological polar surface area (TPSA) is 41.1 Å². The second-order valence-electron chi connectivity index (χ2n) is 4.04. The van der Waals surface area contributed by atoms with Crippen LogP contribution in [0.3, 0.4) is 0 Å². The zero-order valence-electron chi connectivity index (χ0n) is 10.3. The molecule has 0 fully saturated rings. The van der Waals surface area contributed by atoms with Gasteiger partial charge in [0.05, 0.1) is 6.54 Å². The summed E-state index contributed by atoms with van der Waals surface area (Å²) in [4.78, 5) is 11.9. The molecule has 0 aliphatic heterocycles. The third kappa shape index (κ3) is 4.64. The summed E-state index contributed by atoms with van der Waals surface area (Å²) in [6.45, 7) is 0.199. The molecular formula is C14H11BrClIN2O. The zero-order valence-corrected chi connectivity index (χ0v) is 14.8. The lowest BCUT2D eigenvalue weighted by Gasteiger charge is -2.09. The average Bonchev–Trinajstić information content (AvgIpc) is 2.37. The highest BCUT2D eigenvalue weighted by atomic mass is 127. The Balaban J connectivity index is 1.92. The average molecular weight is 466 g/mol. The van der Waals surface area contributed by atoms with Crippen LogP contribution in [-0.2, 0) is 4.79 Å². The van der Waals surface area contributed by atoms with Crippen LogP contribution in [0, 0.1) is 3.57 Å². The zero-order chi connectivity index (χ0) is 14.5. The minimum absolute atomic E-state index is 0.103. The van der Waals surface area contributed by atoms with Gasteiger partial charge in [-0.3, -0.25) is 4.79 Å². The Bertz CT molecular complexity index is 636. The summed E-state index contributed by atoms with van der Waals surface area (Å²) in [5, 5.41) is 6.59. The number of amides is 1. The van der Waals surface area contributed by atoms with Crippen LogP contribution in [0.25, 0.3) is 0 Å². The lowest BCUT2D eigenvalue weighted by atomic mass is 10.3. The second kappa shape index (κ2) is 7.28. The Morgan fingerprint density at radius 3 is 2.75 bits per heavy atom. The standard InChI is InChI=1S/C14H11BrClIN2O/c15-9-2-1-3-11(6-9)19-14(20)8-18-13-5-4-10(16)7-12(13)17/h1-7,18H,8H2,(H,19,20). The van der Waals surface area contributed by atoms with Crippen LogP contribution in [0.5, 0.6) is 0 Å². The molecule has 2 N–H and O–H groups in total. The minimum atomic E-state index is -0.103. The molecule has 0 radical (unpaired) electrons. The number of hydrogen-bond acceptors (Lipinski definition) is 2. The number of nitrogens with one attached hydrogen (secondary N) is 2. The summed E-state index contributed by atoms with van der Waals surface area (Å²) in [6.07, 6.45) is 0. The van der Waals surface area contributed by atoms with Gasteiger partial charge in [0, 0.05) is 24.4 Å². The smallest absolute Gasteiger partial charge is 0.243 e. The van der Waals surface area contributed by atoms with Gasteiger partial charge in [-0.25, -0.2) is 0 Å². The summed E-state index contributed by atoms with van der Waals surface area (Å²) < 4.78 is 1.90. The monoisotopic (exact) mass is 464 g/mol. The van der Waals surface area contributed by atoms with E-state index in [4.69, 9.17) is 11.6 Å². The van der Waals surface area contributed by atoms with E-state index in [0.717, 1.165) is 19.4 Å². The first-order valence-electron chi connectivity index (χ1n) is 5.79. The molecule has 0 aliphatic rings. The summed E-state index contributed by atoms with van der Waals surface area (Å²) in [5.74, 6) is -0.103. The van der Waals surface area contributed by atoms with Gasteiger partial charge in [-0.1, -0.05) is 33.6 Å². The maximum Gasteiger partial charge on any atom is 0.243 e. The highest BCUT2D eigenvalue weighted by Gasteiger charge is 2.05. The predicted octanol–water partition coefficient (Wildman–Crippen LogP) is 4.76. The van der Waals surface area contributed by atoms with Gasteiger partial charge in [0.15, 0.2) is 0 Å². The first kappa shape index (κ1) is 15.6. The number of rotatable bonds is 4. The summed E-state index contributed by atoms with van der Waals surface area (Å²) in [6, 6.07) is 13.0. The molecule has 20 heavy (non-hydrogen) atoms. The molecule has 0 aromatic heterocycles. The van der Waals surface area contributed by atoms with Gasteiger partial charge in [0.1, 0.15) is 0 Å².